The summed E-state index contributed by atoms with van der Waals surface area (Å²) in [7, 11) is 4.61. The first kappa shape index (κ1) is 15.8. The molecule has 0 aliphatic carbocycles. The average Bonchev–Trinajstić information content (AvgIpc) is 2.38. The van der Waals surface area contributed by atoms with Gasteiger partial charge in [0.25, 0.3) is 0 Å². The smallest absolute Gasteiger partial charge is 0.244 e. The lowest BCUT2D eigenvalue weighted by atomic mass is 10.5. The van der Waals surface area contributed by atoms with Gasteiger partial charge < -0.3 is 14.2 Å². The Hall–Kier alpha value is -1.24. The maximum absolute atomic E-state index is 10.3. The second-order valence-electron chi connectivity index (χ2n) is 2.74. The van der Waals surface area contributed by atoms with E-state index in [2.05, 4.69) is 19.4 Å². The molecule has 1 rings (SSSR count). The van der Waals surface area contributed by atoms with Crippen molar-refractivity contribution in [1.29, 1.82) is 0 Å². The predicted molar refractivity (Wildman–Crippen MR) is 62.5 cm³/mol. The van der Waals surface area contributed by atoms with Gasteiger partial charge >= 0.3 is 0 Å². The molecule has 0 atom stereocenters. The molecule has 0 fully saturated rings. The Kier molecular flexibility index (Phi) is 8.21. The number of methoxy groups -OCH3 is 3. The fourth-order valence-electron chi connectivity index (χ4n) is 0.688. The van der Waals surface area contributed by atoms with Crippen LogP contribution in [0.15, 0.2) is 6.20 Å². The van der Waals surface area contributed by atoms with E-state index in [1.54, 1.807) is 14.2 Å². The van der Waals surface area contributed by atoms with Crippen molar-refractivity contribution < 1.29 is 19.0 Å². The molecular weight excluding hydrogens is 248 g/mol. The lowest BCUT2D eigenvalue weighted by Gasteiger charge is -2.03. The van der Waals surface area contributed by atoms with E-state index in [0.29, 0.717) is 6.29 Å². The lowest BCUT2D eigenvalue weighted by Crippen LogP contribution is -2.05. The number of aromatic nitrogens is 2. The first-order valence-electron chi connectivity index (χ1n) is 4.66. The van der Waals surface area contributed by atoms with Crippen molar-refractivity contribution in [3.63, 3.8) is 0 Å². The van der Waals surface area contributed by atoms with Crippen LogP contribution in [0.5, 0.6) is 5.88 Å². The molecule has 0 N–H and O–H groups in total. The van der Waals surface area contributed by atoms with Crippen LogP contribution in [-0.2, 0) is 9.47 Å². The quantitative estimate of drug-likeness (QED) is 0.606. The molecule has 0 bridgehead atoms. The normalized spacial score (nSPS) is 9.53. The summed E-state index contributed by atoms with van der Waals surface area (Å²) in [5, 5.41) is 0.201. The van der Waals surface area contributed by atoms with E-state index in [9.17, 15) is 4.79 Å². The van der Waals surface area contributed by atoms with Crippen LogP contribution in [0.1, 0.15) is 17.4 Å². The standard InChI is InChI=1S/C6H5ClN2O2.C4H10O2/c1-11-6-4(3-10)8-2-5(7)9-6;1-4(5-2)6-3/h2-3H,1H3;4H,1-3H3. The third-order valence-electron chi connectivity index (χ3n) is 1.71. The van der Waals surface area contributed by atoms with Crippen LogP contribution >= 0.6 is 11.6 Å². The van der Waals surface area contributed by atoms with Crippen LogP contribution in [0.3, 0.4) is 0 Å². The van der Waals surface area contributed by atoms with Crippen LogP contribution in [-0.4, -0.2) is 43.9 Å². The summed E-state index contributed by atoms with van der Waals surface area (Å²) >= 11 is 5.48. The second-order valence-corrected chi connectivity index (χ2v) is 3.13. The molecule has 1 aromatic rings. The fourth-order valence-corrected chi connectivity index (χ4v) is 0.814. The Labute approximate surface area is 105 Å². The number of hydrogen-bond acceptors (Lipinski definition) is 6. The van der Waals surface area contributed by atoms with Gasteiger partial charge in [-0.05, 0) is 6.92 Å². The van der Waals surface area contributed by atoms with Gasteiger partial charge in [0.15, 0.2) is 23.4 Å². The molecule has 0 amide bonds. The number of rotatable bonds is 4. The van der Waals surface area contributed by atoms with Crippen molar-refractivity contribution in [2.45, 2.75) is 13.2 Å². The third-order valence-corrected chi connectivity index (χ3v) is 1.89. The molecule has 0 aliphatic heterocycles. The molecule has 0 saturated heterocycles. The van der Waals surface area contributed by atoms with Crippen molar-refractivity contribution in [1.82, 2.24) is 9.97 Å². The number of aldehydes is 1. The van der Waals surface area contributed by atoms with Gasteiger partial charge in [0.1, 0.15) is 0 Å². The molecule has 1 heterocycles. The minimum absolute atomic E-state index is 0.0648. The van der Waals surface area contributed by atoms with E-state index in [4.69, 9.17) is 16.3 Å². The molecular formula is C10H15ClN2O4. The van der Waals surface area contributed by atoms with E-state index in [-0.39, 0.29) is 23.0 Å². The Morgan fingerprint density at radius 3 is 2.29 bits per heavy atom. The maximum Gasteiger partial charge on any atom is 0.244 e. The first-order valence-corrected chi connectivity index (χ1v) is 5.04. The number of carbonyl (C=O) groups excluding carboxylic acids is 1. The zero-order valence-corrected chi connectivity index (χ0v) is 10.9. The molecule has 0 aliphatic rings. The van der Waals surface area contributed by atoms with Crippen molar-refractivity contribution in [3.8, 4) is 5.88 Å². The molecule has 1 aromatic heterocycles. The Bertz CT molecular complexity index is 345. The van der Waals surface area contributed by atoms with Gasteiger partial charge in [-0.3, -0.25) is 4.79 Å². The van der Waals surface area contributed by atoms with Crippen molar-refractivity contribution >= 4 is 17.9 Å². The topological polar surface area (TPSA) is 70.5 Å². The van der Waals surface area contributed by atoms with Crippen molar-refractivity contribution in [2.24, 2.45) is 0 Å². The van der Waals surface area contributed by atoms with E-state index in [1.807, 2.05) is 6.92 Å². The zero-order valence-electron chi connectivity index (χ0n) is 10.1. The maximum atomic E-state index is 10.3. The Morgan fingerprint density at radius 1 is 1.35 bits per heavy atom. The van der Waals surface area contributed by atoms with Crippen LogP contribution < -0.4 is 4.74 Å². The van der Waals surface area contributed by atoms with Gasteiger partial charge in [0.2, 0.25) is 5.88 Å². The molecule has 0 saturated carbocycles. The van der Waals surface area contributed by atoms with Crippen LogP contribution in [0, 0.1) is 0 Å². The molecule has 96 valence electrons. The highest BCUT2D eigenvalue weighted by molar-refractivity contribution is 6.29. The number of halogens is 1. The Balaban J connectivity index is 0.000000366. The molecule has 6 nitrogen and oxygen atoms in total. The molecule has 7 heteroatoms. The summed E-state index contributed by atoms with van der Waals surface area (Å²) < 4.78 is 14.1. The second kappa shape index (κ2) is 8.86. The van der Waals surface area contributed by atoms with Crippen LogP contribution in [0.2, 0.25) is 5.15 Å². The lowest BCUT2D eigenvalue weighted by molar-refractivity contribution is -0.0877. The average molecular weight is 263 g/mol. The fraction of sp³-hybridized carbons (Fsp3) is 0.500. The molecule has 0 spiro atoms. The highest BCUT2D eigenvalue weighted by Gasteiger charge is 2.04. The van der Waals surface area contributed by atoms with E-state index in [0.717, 1.165) is 0 Å². The van der Waals surface area contributed by atoms with Crippen LogP contribution in [0.4, 0.5) is 0 Å². The third kappa shape index (κ3) is 6.15. The Morgan fingerprint density at radius 2 is 1.94 bits per heavy atom. The number of hydrogen-bond donors (Lipinski definition) is 0. The molecule has 0 radical (unpaired) electrons. The number of ether oxygens (including phenoxy) is 3. The van der Waals surface area contributed by atoms with Gasteiger partial charge in [-0.2, -0.15) is 4.98 Å². The van der Waals surface area contributed by atoms with Crippen molar-refractivity contribution in [3.05, 3.63) is 17.0 Å². The molecule has 17 heavy (non-hydrogen) atoms. The van der Waals surface area contributed by atoms with Gasteiger partial charge in [0, 0.05) is 14.2 Å². The van der Waals surface area contributed by atoms with E-state index < -0.39 is 0 Å². The largest absolute Gasteiger partial charge is 0.479 e. The number of nitrogens with zero attached hydrogens (tertiary/aromatic N) is 2. The van der Waals surface area contributed by atoms with E-state index in [1.165, 1.54) is 13.3 Å². The summed E-state index contributed by atoms with van der Waals surface area (Å²) in [6, 6.07) is 0. The molecule has 0 unspecified atom stereocenters. The van der Waals surface area contributed by atoms with E-state index >= 15 is 0 Å². The minimum atomic E-state index is -0.0648. The van der Waals surface area contributed by atoms with Crippen molar-refractivity contribution in [2.75, 3.05) is 21.3 Å². The van der Waals surface area contributed by atoms with Gasteiger partial charge in [0.05, 0.1) is 13.3 Å². The predicted octanol–water partition coefficient (Wildman–Crippen LogP) is 1.58. The first-order chi connectivity index (χ1) is 8.08. The SMILES string of the molecule is COC(C)OC.COc1nc(Cl)cnc1C=O. The minimum Gasteiger partial charge on any atom is -0.479 e. The summed E-state index contributed by atoms with van der Waals surface area (Å²) in [5.74, 6) is 0.146. The highest BCUT2D eigenvalue weighted by atomic mass is 35.5. The van der Waals surface area contributed by atoms with Gasteiger partial charge in [-0.15, -0.1) is 0 Å². The highest BCUT2D eigenvalue weighted by Crippen LogP contribution is 2.12. The van der Waals surface area contributed by atoms with Gasteiger partial charge in [-0.1, -0.05) is 11.6 Å². The number of carbonyl (C=O) groups is 1. The summed E-state index contributed by atoms with van der Waals surface area (Å²) in [6.07, 6.45) is 1.78. The monoisotopic (exact) mass is 262 g/mol. The summed E-state index contributed by atoms with van der Waals surface area (Å²) in [4.78, 5) is 17.7. The van der Waals surface area contributed by atoms with Crippen LogP contribution in [0.25, 0.3) is 0 Å². The summed E-state index contributed by atoms with van der Waals surface area (Å²) in [5.41, 5.74) is 0.150. The zero-order chi connectivity index (χ0) is 13.3. The molecule has 0 aromatic carbocycles. The van der Waals surface area contributed by atoms with Gasteiger partial charge in [-0.25, -0.2) is 4.98 Å². The summed E-state index contributed by atoms with van der Waals surface area (Å²) in [6.45, 7) is 1.83.